The summed E-state index contributed by atoms with van der Waals surface area (Å²) in [5, 5.41) is 8.95. The fourth-order valence-electron chi connectivity index (χ4n) is 2.68. The van der Waals surface area contributed by atoms with Crippen LogP contribution in [0.1, 0.15) is 34.2 Å². The molecule has 0 spiro atoms. The fourth-order valence-corrected chi connectivity index (χ4v) is 4.51. The molecule has 0 saturated heterocycles. The van der Waals surface area contributed by atoms with Gasteiger partial charge in [-0.1, -0.05) is 6.92 Å². The maximum Gasteiger partial charge on any atom is 0.338 e. The summed E-state index contributed by atoms with van der Waals surface area (Å²) in [6.07, 6.45) is 1.10. The van der Waals surface area contributed by atoms with E-state index >= 15 is 0 Å². The zero-order chi connectivity index (χ0) is 18.8. The standard InChI is InChI=1S/C17H21NO6S/c1-5-18(9-15-8-13(10-24-15)17(19)20)25(21,22)16-11(2)6-14(23-4)7-12(16)3/h6-8,10H,5,9H2,1-4H3,(H,19,20). The van der Waals surface area contributed by atoms with Crippen LogP contribution in [-0.2, 0) is 16.6 Å². The van der Waals surface area contributed by atoms with Gasteiger partial charge in [0.15, 0.2) is 0 Å². The van der Waals surface area contributed by atoms with Crippen molar-refractivity contribution in [3.05, 3.63) is 46.9 Å². The Kier molecular flexibility index (Phi) is 5.54. The molecule has 0 aliphatic rings. The summed E-state index contributed by atoms with van der Waals surface area (Å²) in [5.41, 5.74) is 1.15. The largest absolute Gasteiger partial charge is 0.497 e. The second kappa shape index (κ2) is 7.28. The lowest BCUT2D eigenvalue weighted by atomic mass is 10.1. The number of aromatic carboxylic acids is 1. The van der Waals surface area contributed by atoms with Gasteiger partial charge in [-0.15, -0.1) is 0 Å². The van der Waals surface area contributed by atoms with E-state index in [9.17, 15) is 13.2 Å². The molecular formula is C17H21NO6S. The molecule has 0 saturated carbocycles. The number of methoxy groups -OCH3 is 1. The highest BCUT2D eigenvalue weighted by molar-refractivity contribution is 7.89. The molecule has 0 bridgehead atoms. The number of hydrogen-bond donors (Lipinski definition) is 1. The molecule has 25 heavy (non-hydrogen) atoms. The number of carboxylic acids is 1. The Morgan fingerprint density at radius 2 is 1.84 bits per heavy atom. The molecule has 0 unspecified atom stereocenters. The maximum atomic E-state index is 13.1. The van der Waals surface area contributed by atoms with Crippen molar-refractivity contribution in [3.63, 3.8) is 0 Å². The molecule has 0 atom stereocenters. The van der Waals surface area contributed by atoms with E-state index < -0.39 is 16.0 Å². The molecule has 0 radical (unpaired) electrons. The van der Waals surface area contributed by atoms with Gasteiger partial charge >= 0.3 is 5.97 Å². The molecule has 0 fully saturated rings. The van der Waals surface area contributed by atoms with Crippen molar-refractivity contribution in [2.45, 2.75) is 32.2 Å². The minimum absolute atomic E-state index is 0.0136. The fraction of sp³-hybridized carbons (Fsp3) is 0.353. The van der Waals surface area contributed by atoms with Crippen LogP contribution in [0, 0.1) is 13.8 Å². The Balaban J connectivity index is 2.40. The molecule has 0 aliphatic heterocycles. The average Bonchev–Trinajstić information content (AvgIpc) is 3.00. The van der Waals surface area contributed by atoms with Gasteiger partial charge in [0.05, 0.1) is 24.1 Å². The zero-order valence-corrected chi connectivity index (χ0v) is 15.4. The summed E-state index contributed by atoms with van der Waals surface area (Å²) < 4.78 is 37.8. The smallest absolute Gasteiger partial charge is 0.338 e. The first-order chi connectivity index (χ1) is 11.7. The lowest BCUT2D eigenvalue weighted by Crippen LogP contribution is -2.31. The molecule has 1 aromatic carbocycles. The van der Waals surface area contributed by atoms with Crippen LogP contribution in [0.15, 0.2) is 33.8 Å². The summed E-state index contributed by atoms with van der Waals surface area (Å²) in [5.74, 6) is -0.261. The van der Waals surface area contributed by atoms with Crippen LogP contribution in [0.4, 0.5) is 0 Å². The van der Waals surface area contributed by atoms with Crippen LogP contribution in [0.2, 0.25) is 0 Å². The highest BCUT2D eigenvalue weighted by Crippen LogP contribution is 2.29. The quantitative estimate of drug-likeness (QED) is 0.808. The van der Waals surface area contributed by atoms with Crippen LogP contribution in [0.5, 0.6) is 5.75 Å². The van der Waals surface area contributed by atoms with Gasteiger partial charge in [0.2, 0.25) is 10.0 Å². The third-order valence-corrected chi connectivity index (χ3v) is 6.08. The molecule has 1 N–H and O–H groups in total. The van der Waals surface area contributed by atoms with Crippen molar-refractivity contribution in [1.29, 1.82) is 0 Å². The molecule has 2 rings (SSSR count). The minimum Gasteiger partial charge on any atom is -0.497 e. The highest BCUT2D eigenvalue weighted by atomic mass is 32.2. The topological polar surface area (TPSA) is 97.0 Å². The molecular weight excluding hydrogens is 346 g/mol. The zero-order valence-electron chi connectivity index (χ0n) is 14.6. The van der Waals surface area contributed by atoms with Gasteiger partial charge in [0.25, 0.3) is 0 Å². The molecule has 8 heteroatoms. The lowest BCUT2D eigenvalue weighted by Gasteiger charge is -2.22. The number of nitrogens with zero attached hydrogens (tertiary/aromatic N) is 1. The van der Waals surface area contributed by atoms with E-state index in [2.05, 4.69) is 0 Å². The summed E-state index contributed by atoms with van der Waals surface area (Å²) >= 11 is 0. The number of carboxylic acid groups (broad SMARTS) is 1. The summed E-state index contributed by atoms with van der Waals surface area (Å²) in [6, 6.07) is 4.67. The molecule has 1 heterocycles. The first-order valence-corrected chi connectivity index (χ1v) is 9.10. The average molecular weight is 367 g/mol. The van der Waals surface area contributed by atoms with Crippen LogP contribution in [0.25, 0.3) is 0 Å². The Morgan fingerprint density at radius 1 is 1.24 bits per heavy atom. The van der Waals surface area contributed by atoms with E-state index in [1.807, 2.05) is 0 Å². The molecule has 0 amide bonds. The van der Waals surface area contributed by atoms with E-state index in [4.69, 9.17) is 14.3 Å². The number of sulfonamides is 1. The van der Waals surface area contributed by atoms with Crippen molar-refractivity contribution in [3.8, 4) is 5.75 Å². The van der Waals surface area contributed by atoms with Gasteiger partial charge in [0.1, 0.15) is 17.8 Å². The Morgan fingerprint density at radius 3 is 2.28 bits per heavy atom. The summed E-state index contributed by atoms with van der Waals surface area (Å²) in [7, 11) is -2.25. The predicted molar refractivity (Wildman–Crippen MR) is 91.4 cm³/mol. The van der Waals surface area contributed by atoms with Crippen LogP contribution in [0.3, 0.4) is 0 Å². The van der Waals surface area contributed by atoms with Crippen LogP contribution >= 0.6 is 0 Å². The van der Waals surface area contributed by atoms with Crippen molar-refractivity contribution in [2.24, 2.45) is 0 Å². The number of hydrogen-bond acceptors (Lipinski definition) is 5. The summed E-state index contributed by atoms with van der Waals surface area (Å²) in [4.78, 5) is 11.2. The van der Waals surface area contributed by atoms with E-state index in [0.29, 0.717) is 16.9 Å². The second-order valence-electron chi connectivity index (χ2n) is 5.63. The van der Waals surface area contributed by atoms with E-state index in [1.165, 1.54) is 17.5 Å². The Hall–Kier alpha value is -2.32. The first kappa shape index (κ1) is 19.0. The highest BCUT2D eigenvalue weighted by Gasteiger charge is 2.28. The number of ether oxygens (including phenoxy) is 1. The van der Waals surface area contributed by atoms with Crippen molar-refractivity contribution in [2.75, 3.05) is 13.7 Å². The van der Waals surface area contributed by atoms with Crippen molar-refractivity contribution in [1.82, 2.24) is 4.31 Å². The lowest BCUT2D eigenvalue weighted by molar-refractivity contribution is 0.0696. The van der Waals surface area contributed by atoms with Gasteiger partial charge < -0.3 is 14.3 Å². The Labute approximate surface area is 146 Å². The second-order valence-corrected chi connectivity index (χ2v) is 7.50. The normalized spacial score (nSPS) is 11.7. The third kappa shape index (κ3) is 3.85. The number of aryl methyl sites for hydroxylation is 2. The number of furan rings is 1. The van der Waals surface area contributed by atoms with Crippen molar-refractivity contribution < 1.29 is 27.5 Å². The molecule has 136 valence electrons. The molecule has 0 aliphatic carbocycles. The van der Waals surface area contributed by atoms with Gasteiger partial charge in [-0.05, 0) is 43.2 Å². The minimum atomic E-state index is -3.78. The maximum absolute atomic E-state index is 13.1. The number of rotatable bonds is 7. The molecule has 7 nitrogen and oxygen atoms in total. The molecule has 1 aromatic heterocycles. The van der Waals surface area contributed by atoms with E-state index in [-0.39, 0.29) is 29.3 Å². The third-order valence-electron chi connectivity index (χ3n) is 3.85. The SMILES string of the molecule is CCN(Cc1cc(C(=O)O)co1)S(=O)(=O)c1c(C)cc(OC)cc1C. The van der Waals surface area contributed by atoms with E-state index in [1.54, 1.807) is 32.9 Å². The van der Waals surface area contributed by atoms with Crippen molar-refractivity contribution >= 4 is 16.0 Å². The molecule has 2 aromatic rings. The van der Waals surface area contributed by atoms with Gasteiger partial charge in [-0.2, -0.15) is 4.31 Å². The van der Waals surface area contributed by atoms with Gasteiger partial charge in [-0.3, -0.25) is 0 Å². The first-order valence-electron chi connectivity index (χ1n) is 7.66. The number of benzene rings is 1. The van der Waals surface area contributed by atoms with E-state index in [0.717, 1.165) is 6.26 Å². The Bertz CT molecular complexity index is 861. The van der Waals surface area contributed by atoms with Gasteiger partial charge in [0, 0.05) is 6.54 Å². The van der Waals surface area contributed by atoms with Gasteiger partial charge in [-0.25, -0.2) is 13.2 Å². The van der Waals surface area contributed by atoms with Crippen LogP contribution in [-0.4, -0.2) is 37.5 Å². The number of carbonyl (C=O) groups is 1. The predicted octanol–water partition coefficient (Wildman–Crippen LogP) is 2.81. The summed E-state index contributed by atoms with van der Waals surface area (Å²) in [6.45, 7) is 5.32. The monoisotopic (exact) mass is 367 g/mol. The van der Waals surface area contributed by atoms with Crippen LogP contribution < -0.4 is 4.74 Å².